The van der Waals surface area contributed by atoms with Crippen molar-refractivity contribution in [2.75, 3.05) is 10.8 Å². The molecule has 0 radical (unpaired) electrons. The van der Waals surface area contributed by atoms with Crippen LogP contribution in [-0.4, -0.2) is 26.0 Å². The van der Waals surface area contributed by atoms with Crippen LogP contribution in [0.3, 0.4) is 0 Å². The van der Waals surface area contributed by atoms with Crippen LogP contribution in [0.5, 0.6) is 0 Å². The smallest absolute Gasteiger partial charge is 0.337 e. The highest BCUT2D eigenvalue weighted by Gasteiger charge is 2.27. The average Bonchev–Trinajstić information content (AvgIpc) is 2.55. The van der Waals surface area contributed by atoms with Crippen LogP contribution in [-0.2, 0) is 10.0 Å². The van der Waals surface area contributed by atoms with E-state index in [1.165, 1.54) is 16.4 Å². The quantitative estimate of drug-likeness (QED) is 0.636. The topological polar surface area (TPSA) is 74.7 Å². The number of unbranched alkanes of at least 4 members (excludes halogenated alkanes) is 1. The molecule has 0 atom stereocenters. The first-order valence-electron chi connectivity index (χ1n) is 7.48. The highest BCUT2D eigenvalue weighted by molar-refractivity contribution is 14.1. The molecular weight excluding hydrogens is 441 g/mol. The largest absolute Gasteiger partial charge is 0.478 e. The fourth-order valence-electron chi connectivity index (χ4n) is 2.28. The van der Waals surface area contributed by atoms with Crippen molar-refractivity contribution in [2.45, 2.75) is 24.7 Å². The molecule has 0 aliphatic rings. The molecule has 0 aliphatic heterocycles. The van der Waals surface area contributed by atoms with Crippen molar-refractivity contribution in [3.63, 3.8) is 0 Å². The summed E-state index contributed by atoms with van der Waals surface area (Å²) in [5.74, 6) is -1.15. The number of hydrogen-bond acceptors (Lipinski definition) is 3. The molecule has 0 bridgehead atoms. The Morgan fingerprint density at radius 2 is 1.75 bits per heavy atom. The van der Waals surface area contributed by atoms with Crippen molar-refractivity contribution in [1.82, 2.24) is 0 Å². The second kappa shape index (κ2) is 7.98. The summed E-state index contributed by atoms with van der Waals surface area (Å²) in [6.45, 7) is 2.19. The van der Waals surface area contributed by atoms with E-state index in [2.05, 4.69) is 22.6 Å². The lowest BCUT2D eigenvalue weighted by Gasteiger charge is -2.25. The zero-order valence-electron chi connectivity index (χ0n) is 13.1. The minimum atomic E-state index is -3.83. The molecule has 2 aromatic carbocycles. The van der Waals surface area contributed by atoms with E-state index in [9.17, 15) is 18.3 Å². The van der Waals surface area contributed by atoms with Crippen LogP contribution in [0.15, 0.2) is 53.4 Å². The van der Waals surface area contributed by atoms with Gasteiger partial charge in [0.15, 0.2) is 0 Å². The van der Waals surface area contributed by atoms with E-state index in [4.69, 9.17) is 0 Å². The highest BCUT2D eigenvalue weighted by Crippen LogP contribution is 2.28. The predicted octanol–water partition coefficient (Wildman–Crippen LogP) is 3.98. The summed E-state index contributed by atoms with van der Waals surface area (Å²) in [6, 6.07) is 12.7. The number of halogens is 1. The number of carboxylic acids is 1. The minimum Gasteiger partial charge on any atom is -0.478 e. The maximum absolute atomic E-state index is 13.1. The number of anilines is 1. The molecule has 0 unspecified atom stereocenters. The van der Waals surface area contributed by atoms with Gasteiger partial charge in [0.2, 0.25) is 0 Å². The van der Waals surface area contributed by atoms with E-state index in [-0.39, 0.29) is 22.7 Å². The van der Waals surface area contributed by atoms with Gasteiger partial charge in [-0.05, 0) is 65.4 Å². The van der Waals surface area contributed by atoms with Gasteiger partial charge in [0.25, 0.3) is 10.0 Å². The van der Waals surface area contributed by atoms with Gasteiger partial charge in [0.1, 0.15) is 0 Å². The van der Waals surface area contributed by atoms with Gasteiger partial charge in [-0.2, -0.15) is 0 Å². The van der Waals surface area contributed by atoms with E-state index < -0.39 is 16.0 Å². The van der Waals surface area contributed by atoms with Crippen LogP contribution in [0.2, 0.25) is 0 Å². The second-order valence-corrected chi connectivity index (χ2v) is 8.31. The van der Waals surface area contributed by atoms with Crippen LogP contribution in [0.4, 0.5) is 5.69 Å². The summed E-state index contributed by atoms with van der Waals surface area (Å²) in [4.78, 5) is 11.6. The van der Waals surface area contributed by atoms with Crippen LogP contribution in [0.25, 0.3) is 0 Å². The van der Waals surface area contributed by atoms with Gasteiger partial charge in [-0.1, -0.05) is 25.5 Å². The number of benzene rings is 2. The molecule has 0 saturated heterocycles. The third-order valence-corrected chi connectivity index (χ3v) is 6.07. The molecule has 7 heteroatoms. The van der Waals surface area contributed by atoms with Gasteiger partial charge in [-0.3, -0.25) is 4.31 Å². The van der Waals surface area contributed by atoms with Crippen molar-refractivity contribution in [1.29, 1.82) is 0 Å². The molecule has 0 heterocycles. The molecule has 128 valence electrons. The maximum Gasteiger partial charge on any atom is 0.337 e. The number of carboxylic acid groups (broad SMARTS) is 1. The summed E-state index contributed by atoms with van der Waals surface area (Å²) < 4.78 is 28.2. The Kier molecular flexibility index (Phi) is 6.22. The maximum atomic E-state index is 13.1. The van der Waals surface area contributed by atoms with Crippen LogP contribution < -0.4 is 4.31 Å². The minimum absolute atomic E-state index is 0.0253. The molecule has 0 spiro atoms. The average molecular weight is 459 g/mol. The van der Waals surface area contributed by atoms with E-state index in [0.717, 1.165) is 9.99 Å². The first-order valence-corrected chi connectivity index (χ1v) is 10.0. The molecule has 0 saturated carbocycles. The molecule has 2 rings (SSSR count). The van der Waals surface area contributed by atoms with E-state index in [1.54, 1.807) is 36.4 Å². The molecule has 1 N–H and O–H groups in total. The summed E-state index contributed by atoms with van der Waals surface area (Å²) in [6.07, 6.45) is 1.44. The number of para-hydroxylation sites is 1. The SMILES string of the molecule is CCCCN(c1ccccc1C(=O)O)S(=O)(=O)c1ccc(I)cc1. The predicted molar refractivity (Wildman–Crippen MR) is 102 cm³/mol. The van der Waals surface area contributed by atoms with Crippen LogP contribution in [0.1, 0.15) is 30.1 Å². The molecule has 0 aliphatic carbocycles. The summed E-state index contributed by atoms with van der Waals surface area (Å²) in [7, 11) is -3.83. The summed E-state index contributed by atoms with van der Waals surface area (Å²) in [5.41, 5.74) is 0.166. The lowest BCUT2D eigenvalue weighted by atomic mass is 10.1. The Morgan fingerprint density at radius 1 is 1.12 bits per heavy atom. The Bertz CT molecular complexity index is 819. The summed E-state index contributed by atoms with van der Waals surface area (Å²) >= 11 is 2.10. The molecule has 0 amide bonds. The van der Waals surface area contributed by atoms with E-state index in [0.29, 0.717) is 6.42 Å². The number of carbonyl (C=O) groups is 1. The molecule has 24 heavy (non-hydrogen) atoms. The Hall–Kier alpha value is -1.61. The van der Waals surface area contributed by atoms with Crippen LogP contribution >= 0.6 is 22.6 Å². The number of nitrogens with zero attached hydrogens (tertiary/aromatic N) is 1. The fraction of sp³-hybridized carbons (Fsp3) is 0.235. The zero-order valence-corrected chi connectivity index (χ0v) is 16.1. The van der Waals surface area contributed by atoms with Gasteiger partial charge in [-0.25, -0.2) is 13.2 Å². The number of sulfonamides is 1. The van der Waals surface area contributed by atoms with Crippen molar-refractivity contribution >= 4 is 44.3 Å². The lowest BCUT2D eigenvalue weighted by molar-refractivity contribution is 0.0698. The van der Waals surface area contributed by atoms with E-state index >= 15 is 0 Å². The normalized spacial score (nSPS) is 11.2. The van der Waals surface area contributed by atoms with Crippen molar-refractivity contribution in [2.24, 2.45) is 0 Å². The van der Waals surface area contributed by atoms with E-state index in [1.807, 2.05) is 6.92 Å². The summed E-state index contributed by atoms with van der Waals surface area (Å²) in [5, 5.41) is 9.39. The Labute approximate surface area is 155 Å². The van der Waals surface area contributed by atoms with Crippen molar-refractivity contribution < 1.29 is 18.3 Å². The Morgan fingerprint density at radius 3 is 2.33 bits per heavy atom. The standard InChI is InChI=1S/C17H18INO4S/c1-2-3-12-19(16-7-5-4-6-15(16)17(20)21)24(22,23)14-10-8-13(18)9-11-14/h4-11H,2-3,12H2,1H3,(H,20,21). The first-order chi connectivity index (χ1) is 11.4. The molecule has 0 fully saturated rings. The third-order valence-electron chi connectivity index (χ3n) is 3.52. The zero-order chi connectivity index (χ0) is 17.7. The highest BCUT2D eigenvalue weighted by atomic mass is 127. The monoisotopic (exact) mass is 459 g/mol. The molecule has 0 aromatic heterocycles. The molecular formula is C17H18INO4S. The number of hydrogen-bond donors (Lipinski definition) is 1. The molecule has 2 aromatic rings. The van der Waals surface area contributed by atoms with Gasteiger partial charge in [0, 0.05) is 10.1 Å². The van der Waals surface area contributed by atoms with Crippen molar-refractivity contribution in [3.8, 4) is 0 Å². The van der Waals surface area contributed by atoms with Gasteiger partial charge >= 0.3 is 5.97 Å². The van der Waals surface area contributed by atoms with Gasteiger partial charge in [0.05, 0.1) is 16.1 Å². The Balaban J connectivity index is 2.57. The van der Waals surface area contributed by atoms with Crippen LogP contribution in [0, 0.1) is 3.57 Å². The third kappa shape index (κ3) is 4.07. The second-order valence-electron chi connectivity index (χ2n) is 5.21. The number of aromatic carboxylic acids is 1. The first kappa shape index (κ1) is 18.7. The molecule has 5 nitrogen and oxygen atoms in total. The lowest BCUT2D eigenvalue weighted by Crippen LogP contribution is -2.33. The van der Waals surface area contributed by atoms with Gasteiger partial charge in [-0.15, -0.1) is 0 Å². The number of rotatable bonds is 7. The van der Waals surface area contributed by atoms with Gasteiger partial charge < -0.3 is 5.11 Å². The van der Waals surface area contributed by atoms with Crippen molar-refractivity contribution in [3.05, 3.63) is 57.7 Å². The fourth-order valence-corrected chi connectivity index (χ4v) is 4.16.